The highest BCUT2D eigenvalue weighted by Crippen LogP contribution is 2.60. The second-order valence-electron chi connectivity index (χ2n) is 11.7. The molecule has 2 nitrogen and oxygen atoms in total. The van der Waals surface area contributed by atoms with E-state index in [9.17, 15) is 18.4 Å². The molecule has 190 valence electrons. The fourth-order valence-corrected chi connectivity index (χ4v) is 7.93. The van der Waals surface area contributed by atoms with Crippen LogP contribution in [0.5, 0.6) is 0 Å². The van der Waals surface area contributed by atoms with Crippen molar-refractivity contribution in [3.63, 3.8) is 0 Å². The minimum Gasteiger partial charge on any atom is -0.318 e. The van der Waals surface area contributed by atoms with Gasteiger partial charge in [-0.2, -0.15) is 18.4 Å². The lowest BCUT2D eigenvalue weighted by Gasteiger charge is -2.57. The van der Waals surface area contributed by atoms with Gasteiger partial charge in [0.15, 0.2) is 0 Å². The molecule has 4 bridgehead atoms. The van der Waals surface area contributed by atoms with Crippen LogP contribution in [-0.2, 0) is 11.6 Å². The van der Waals surface area contributed by atoms with Gasteiger partial charge in [-0.05, 0) is 129 Å². The Bertz CT molecular complexity index is 1360. The van der Waals surface area contributed by atoms with Crippen molar-refractivity contribution in [1.29, 1.82) is 5.26 Å². The zero-order valence-corrected chi connectivity index (χ0v) is 21.3. The zero-order valence-electron chi connectivity index (χ0n) is 21.3. The Kier molecular flexibility index (Phi) is 5.64. The second kappa shape index (κ2) is 8.65. The highest BCUT2D eigenvalue weighted by molar-refractivity contribution is 5.90. The topological polar surface area (TPSA) is 28.7 Å². The van der Waals surface area contributed by atoms with E-state index >= 15 is 0 Å². The molecule has 4 fully saturated rings. The molecule has 4 saturated carbocycles. The maximum Gasteiger partial charge on any atom is 0.416 e. The van der Waals surface area contributed by atoms with Crippen molar-refractivity contribution in [3.05, 3.63) is 88.2 Å². The maximum atomic E-state index is 12.9. The Morgan fingerprint density at radius 2 is 1.49 bits per heavy atom. The lowest BCUT2D eigenvalue weighted by molar-refractivity contribution is -0.137. The molecular formula is C32H31F3N2. The van der Waals surface area contributed by atoms with Gasteiger partial charge in [0, 0.05) is 17.1 Å². The third-order valence-corrected chi connectivity index (χ3v) is 9.19. The number of halogens is 3. The normalized spacial score (nSPS) is 26.9. The third-order valence-electron chi connectivity index (χ3n) is 9.19. The van der Waals surface area contributed by atoms with Gasteiger partial charge in [0.2, 0.25) is 0 Å². The second-order valence-corrected chi connectivity index (χ2v) is 11.7. The SMILES string of the molecule is Cc1cc(/C=C(/C#N)c2ccc(C(F)(F)F)cc2)c(C)n1-c1ccc(C23CC4CC(CC(C4)C2)C3)cc1. The molecule has 0 amide bonds. The van der Waals surface area contributed by atoms with E-state index in [4.69, 9.17) is 0 Å². The summed E-state index contributed by atoms with van der Waals surface area (Å²) in [7, 11) is 0. The lowest BCUT2D eigenvalue weighted by Crippen LogP contribution is -2.48. The minimum atomic E-state index is -4.40. The summed E-state index contributed by atoms with van der Waals surface area (Å²) < 4.78 is 41.0. The number of aryl methyl sites for hydroxylation is 1. The van der Waals surface area contributed by atoms with Gasteiger partial charge >= 0.3 is 6.18 Å². The molecule has 0 unspecified atom stereocenters. The van der Waals surface area contributed by atoms with Crippen LogP contribution in [0.1, 0.15) is 72.2 Å². The van der Waals surface area contributed by atoms with Gasteiger partial charge in [-0.15, -0.1) is 0 Å². The Labute approximate surface area is 216 Å². The van der Waals surface area contributed by atoms with E-state index in [1.807, 2.05) is 19.9 Å². The van der Waals surface area contributed by atoms with Crippen molar-refractivity contribution >= 4 is 11.6 Å². The van der Waals surface area contributed by atoms with E-state index in [1.165, 1.54) is 56.2 Å². The van der Waals surface area contributed by atoms with Crippen LogP contribution >= 0.6 is 0 Å². The average Bonchev–Trinajstić information content (AvgIpc) is 3.13. The van der Waals surface area contributed by atoms with Crippen molar-refractivity contribution in [2.24, 2.45) is 17.8 Å². The summed E-state index contributed by atoms with van der Waals surface area (Å²) in [4.78, 5) is 0. The first-order valence-electron chi connectivity index (χ1n) is 13.2. The molecule has 1 aromatic heterocycles. The van der Waals surface area contributed by atoms with E-state index in [0.717, 1.165) is 52.5 Å². The molecule has 0 aliphatic heterocycles. The monoisotopic (exact) mass is 500 g/mol. The molecule has 0 saturated heterocycles. The molecule has 2 aromatic carbocycles. The summed E-state index contributed by atoms with van der Waals surface area (Å²) in [5.41, 5.74) is 5.98. The number of aromatic nitrogens is 1. The fraction of sp³-hybridized carbons (Fsp3) is 0.406. The Morgan fingerprint density at radius 1 is 0.919 bits per heavy atom. The largest absolute Gasteiger partial charge is 0.416 e. The highest BCUT2D eigenvalue weighted by atomic mass is 19.4. The van der Waals surface area contributed by atoms with Crippen molar-refractivity contribution in [2.45, 2.75) is 64.0 Å². The summed E-state index contributed by atoms with van der Waals surface area (Å²) in [6.07, 6.45) is 5.71. The summed E-state index contributed by atoms with van der Waals surface area (Å²) in [5, 5.41) is 9.75. The fourth-order valence-electron chi connectivity index (χ4n) is 7.93. The number of hydrogen-bond donors (Lipinski definition) is 0. The smallest absolute Gasteiger partial charge is 0.318 e. The van der Waals surface area contributed by atoms with E-state index in [0.29, 0.717) is 16.6 Å². The number of hydrogen-bond acceptors (Lipinski definition) is 1. The van der Waals surface area contributed by atoms with Crippen LogP contribution in [0.2, 0.25) is 0 Å². The number of nitriles is 1. The molecule has 4 aliphatic carbocycles. The molecule has 0 atom stereocenters. The lowest BCUT2D eigenvalue weighted by atomic mass is 9.48. The molecule has 0 radical (unpaired) electrons. The molecule has 0 N–H and O–H groups in total. The van der Waals surface area contributed by atoms with Crippen LogP contribution in [0, 0.1) is 42.9 Å². The molecule has 1 heterocycles. The van der Waals surface area contributed by atoms with Crippen LogP contribution in [0.4, 0.5) is 13.2 Å². The van der Waals surface area contributed by atoms with Gasteiger partial charge in [-0.3, -0.25) is 0 Å². The summed E-state index contributed by atoms with van der Waals surface area (Å²) in [5.74, 6) is 2.73. The van der Waals surface area contributed by atoms with Crippen LogP contribution in [-0.4, -0.2) is 4.57 Å². The summed E-state index contributed by atoms with van der Waals surface area (Å²) >= 11 is 0. The predicted molar refractivity (Wildman–Crippen MR) is 140 cm³/mol. The van der Waals surface area contributed by atoms with Crippen LogP contribution in [0.3, 0.4) is 0 Å². The molecular weight excluding hydrogens is 469 g/mol. The first-order valence-corrected chi connectivity index (χ1v) is 13.2. The van der Waals surface area contributed by atoms with Gasteiger partial charge in [-0.1, -0.05) is 24.3 Å². The quantitative estimate of drug-likeness (QED) is 0.330. The standard InChI is InChI=1S/C32H31F3N2/c1-20-11-26(15-27(19-36)25-3-5-29(6-4-25)32(33,34)35)21(2)37(20)30-9-7-28(8-10-30)31-16-22-12-23(17-31)14-24(13-22)18-31/h3-11,15,22-24H,12-14,16-18H2,1-2H3/b27-15-. The van der Waals surface area contributed by atoms with Gasteiger partial charge in [0.25, 0.3) is 0 Å². The van der Waals surface area contributed by atoms with E-state index < -0.39 is 11.7 Å². The molecule has 0 spiro atoms. The molecule has 7 rings (SSSR count). The van der Waals surface area contributed by atoms with Gasteiger partial charge in [0.1, 0.15) is 0 Å². The summed E-state index contributed by atoms with van der Waals surface area (Å²) in [6, 6.07) is 18.1. The Morgan fingerprint density at radius 3 is 2.00 bits per heavy atom. The number of alkyl halides is 3. The van der Waals surface area contributed by atoms with Crippen molar-refractivity contribution in [2.75, 3.05) is 0 Å². The van der Waals surface area contributed by atoms with Crippen LogP contribution < -0.4 is 0 Å². The number of allylic oxidation sites excluding steroid dienone is 1. The molecule has 37 heavy (non-hydrogen) atoms. The summed E-state index contributed by atoms with van der Waals surface area (Å²) in [6.45, 7) is 4.06. The molecule has 3 aromatic rings. The number of rotatable bonds is 4. The Hall–Kier alpha value is -3.26. The van der Waals surface area contributed by atoms with Gasteiger partial charge in [0.05, 0.1) is 17.2 Å². The first-order chi connectivity index (χ1) is 17.6. The maximum absolute atomic E-state index is 12.9. The van der Waals surface area contributed by atoms with Gasteiger partial charge in [-0.25, -0.2) is 0 Å². The van der Waals surface area contributed by atoms with Crippen molar-refractivity contribution < 1.29 is 13.2 Å². The number of nitrogens with zero attached hydrogens (tertiary/aromatic N) is 2. The van der Waals surface area contributed by atoms with Crippen molar-refractivity contribution in [1.82, 2.24) is 4.57 Å². The van der Waals surface area contributed by atoms with Crippen LogP contribution in [0.25, 0.3) is 17.3 Å². The van der Waals surface area contributed by atoms with Crippen LogP contribution in [0.15, 0.2) is 54.6 Å². The van der Waals surface area contributed by atoms with E-state index in [-0.39, 0.29) is 0 Å². The molecule has 4 aliphatic rings. The number of benzene rings is 2. The predicted octanol–water partition coefficient (Wildman–Crippen LogP) is 8.64. The zero-order chi connectivity index (χ0) is 25.9. The first kappa shape index (κ1) is 24.1. The van der Waals surface area contributed by atoms with Crippen molar-refractivity contribution in [3.8, 4) is 11.8 Å². The minimum absolute atomic E-state index is 0.339. The van der Waals surface area contributed by atoms with E-state index in [2.05, 4.69) is 34.9 Å². The van der Waals surface area contributed by atoms with Gasteiger partial charge < -0.3 is 4.57 Å². The molecule has 5 heteroatoms. The third kappa shape index (κ3) is 4.21. The van der Waals surface area contributed by atoms with E-state index in [1.54, 1.807) is 6.08 Å². The average molecular weight is 501 g/mol. The highest BCUT2D eigenvalue weighted by Gasteiger charge is 2.51. The Balaban J connectivity index is 1.29.